The Morgan fingerprint density at radius 1 is 1.07 bits per heavy atom. The standard InChI is InChI=1S/C19H15ClF2N4O/c20-14-2-1-13-5-6-25(18(13)7-14)9-19(27,10-26-12-23-11-24-26)16-4-3-15(21)8-17(16)22/h1-8,11-12,27H,9-10H2. The fourth-order valence-corrected chi connectivity index (χ4v) is 3.41. The molecular formula is C19H15ClF2N4O. The summed E-state index contributed by atoms with van der Waals surface area (Å²) in [5.74, 6) is -1.54. The number of fused-ring (bicyclic) bond motifs is 1. The molecule has 0 aliphatic carbocycles. The first-order valence-corrected chi connectivity index (χ1v) is 8.57. The van der Waals surface area contributed by atoms with Gasteiger partial charge in [-0.3, -0.25) is 0 Å². The predicted molar refractivity (Wildman–Crippen MR) is 97.2 cm³/mol. The number of aromatic nitrogens is 4. The van der Waals surface area contributed by atoms with Gasteiger partial charge in [0.05, 0.1) is 13.1 Å². The minimum absolute atomic E-state index is 0.0131. The Hall–Kier alpha value is -2.77. The summed E-state index contributed by atoms with van der Waals surface area (Å²) in [6, 6.07) is 10.4. The molecule has 0 bridgehead atoms. The first-order chi connectivity index (χ1) is 12.9. The fourth-order valence-electron chi connectivity index (χ4n) is 3.25. The van der Waals surface area contributed by atoms with E-state index < -0.39 is 17.2 Å². The van der Waals surface area contributed by atoms with E-state index in [4.69, 9.17) is 11.6 Å². The number of rotatable bonds is 5. The topological polar surface area (TPSA) is 55.9 Å². The molecule has 1 N–H and O–H groups in total. The molecule has 0 aliphatic heterocycles. The van der Waals surface area contributed by atoms with Crippen LogP contribution in [0.1, 0.15) is 5.56 Å². The molecule has 2 heterocycles. The Bertz CT molecular complexity index is 1100. The molecule has 4 aromatic rings. The summed E-state index contributed by atoms with van der Waals surface area (Å²) in [4.78, 5) is 3.86. The molecule has 5 nitrogen and oxygen atoms in total. The average molecular weight is 389 g/mol. The molecule has 0 spiro atoms. The van der Waals surface area contributed by atoms with Crippen LogP contribution in [0.15, 0.2) is 61.3 Å². The van der Waals surface area contributed by atoms with Crippen LogP contribution in [0.2, 0.25) is 5.02 Å². The number of benzene rings is 2. The Morgan fingerprint density at radius 2 is 1.93 bits per heavy atom. The van der Waals surface area contributed by atoms with E-state index in [9.17, 15) is 13.9 Å². The van der Waals surface area contributed by atoms with Crippen molar-refractivity contribution in [2.45, 2.75) is 18.7 Å². The van der Waals surface area contributed by atoms with Gasteiger partial charge in [0.25, 0.3) is 0 Å². The molecule has 8 heteroatoms. The van der Waals surface area contributed by atoms with Crippen LogP contribution in [0, 0.1) is 11.6 Å². The molecule has 1 atom stereocenters. The van der Waals surface area contributed by atoms with Crippen LogP contribution in [0.25, 0.3) is 10.9 Å². The summed E-state index contributed by atoms with van der Waals surface area (Å²) in [6.07, 6.45) is 4.54. The van der Waals surface area contributed by atoms with Crippen LogP contribution >= 0.6 is 11.6 Å². The zero-order valence-electron chi connectivity index (χ0n) is 14.1. The van der Waals surface area contributed by atoms with Crippen LogP contribution in [0.3, 0.4) is 0 Å². The lowest BCUT2D eigenvalue weighted by Crippen LogP contribution is -2.37. The average Bonchev–Trinajstić information content (AvgIpc) is 3.25. The second kappa shape index (κ2) is 6.75. The quantitative estimate of drug-likeness (QED) is 0.566. The SMILES string of the molecule is OC(Cn1cncn1)(Cn1ccc2ccc(Cl)cc21)c1ccc(F)cc1F. The smallest absolute Gasteiger partial charge is 0.137 e. The van der Waals surface area contributed by atoms with Crippen molar-refractivity contribution in [1.82, 2.24) is 19.3 Å². The van der Waals surface area contributed by atoms with E-state index in [1.54, 1.807) is 22.9 Å². The van der Waals surface area contributed by atoms with Crippen molar-refractivity contribution in [3.8, 4) is 0 Å². The van der Waals surface area contributed by atoms with Crippen LogP contribution in [0.4, 0.5) is 8.78 Å². The summed E-state index contributed by atoms with van der Waals surface area (Å²) in [7, 11) is 0. The lowest BCUT2D eigenvalue weighted by Gasteiger charge is -2.30. The minimum Gasteiger partial charge on any atom is -0.381 e. The lowest BCUT2D eigenvalue weighted by molar-refractivity contribution is -0.00435. The van der Waals surface area contributed by atoms with Crippen LogP contribution in [-0.4, -0.2) is 24.4 Å². The highest BCUT2D eigenvalue weighted by Gasteiger charge is 2.34. The second-order valence-electron chi connectivity index (χ2n) is 6.40. The van der Waals surface area contributed by atoms with Crippen molar-refractivity contribution in [3.63, 3.8) is 0 Å². The Morgan fingerprint density at radius 3 is 2.67 bits per heavy atom. The first-order valence-electron chi connectivity index (χ1n) is 8.19. The van der Waals surface area contributed by atoms with Gasteiger partial charge in [0, 0.05) is 28.4 Å². The summed E-state index contributed by atoms with van der Waals surface area (Å²) >= 11 is 6.09. The highest BCUT2D eigenvalue weighted by Crippen LogP contribution is 2.31. The third kappa shape index (κ3) is 3.43. The minimum atomic E-state index is -1.69. The molecule has 1 unspecified atom stereocenters. The monoisotopic (exact) mass is 388 g/mol. The van der Waals surface area contributed by atoms with E-state index in [0.717, 1.165) is 23.0 Å². The third-order valence-electron chi connectivity index (χ3n) is 4.49. The molecule has 0 aliphatic rings. The Labute approximate surface area is 158 Å². The maximum atomic E-state index is 14.5. The van der Waals surface area contributed by atoms with E-state index in [-0.39, 0.29) is 18.7 Å². The molecule has 27 heavy (non-hydrogen) atoms. The van der Waals surface area contributed by atoms with Crippen LogP contribution in [-0.2, 0) is 18.7 Å². The van der Waals surface area contributed by atoms with E-state index in [1.165, 1.54) is 23.4 Å². The molecule has 0 radical (unpaired) electrons. The van der Waals surface area contributed by atoms with Gasteiger partial charge in [0.15, 0.2) is 0 Å². The second-order valence-corrected chi connectivity index (χ2v) is 6.83. The van der Waals surface area contributed by atoms with Gasteiger partial charge in [-0.1, -0.05) is 23.7 Å². The highest BCUT2D eigenvalue weighted by atomic mass is 35.5. The molecule has 0 saturated heterocycles. The van der Waals surface area contributed by atoms with Gasteiger partial charge in [0.2, 0.25) is 0 Å². The largest absolute Gasteiger partial charge is 0.381 e. The van der Waals surface area contributed by atoms with Crippen molar-refractivity contribution in [1.29, 1.82) is 0 Å². The van der Waals surface area contributed by atoms with Crippen molar-refractivity contribution in [2.75, 3.05) is 0 Å². The van der Waals surface area contributed by atoms with Gasteiger partial charge in [0.1, 0.15) is 29.9 Å². The van der Waals surface area contributed by atoms with E-state index in [0.29, 0.717) is 5.02 Å². The Balaban J connectivity index is 1.80. The lowest BCUT2D eigenvalue weighted by atomic mass is 9.92. The number of hydrogen-bond donors (Lipinski definition) is 1. The van der Waals surface area contributed by atoms with Crippen molar-refractivity contribution in [3.05, 3.63) is 83.5 Å². The molecule has 0 saturated carbocycles. The normalized spacial score (nSPS) is 13.8. The number of nitrogens with zero attached hydrogens (tertiary/aromatic N) is 4. The summed E-state index contributed by atoms with van der Waals surface area (Å²) in [6.45, 7) is -0.0466. The Kier molecular flexibility index (Phi) is 4.41. The van der Waals surface area contributed by atoms with E-state index in [2.05, 4.69) is 10.1 Å². The number of aliphatic hydroxyl groups is 1. The van der Waals surface area contributed by atoms with E-state index in [1.807, 2.05) is 12.1 Å². The molecule has 138 valence electrons. The van der Waals surface area contributed by atoms with Gasteiger partial charge in [-0.05, 0) is 29.7 Å². The van der Waals surface area contributed by atoms with Gasteiger partial charge in [-0.15, -0.1) is 0 Å². The van der Waals surface area contributed by atoms with Gasteiger partial charge < -0.3 is 9.67 Å². The van der Waals surface area contributed by atoms with Crippen molar-refractivity contribution in [2.24, 2.45) is 0 Å². The van der Waals surface area contributed by atoms with E-state index >= 15 is 0 Å². The molecule has 2 aromatic carbocycles. The molecule has 0 fully saturated rings. The summed E-state index contributed by atoms with van der Waals surface area (Å²) in [5.41, 5.74) is -0.926. The maximum Gasteiger partial charge on any atom is 0.137 e. The highest BCUT2D eigenvalue weighted by molar-refractivity contribution is 6.31. The number of hydrogen-bond acceptors (Lipinski definition) is 3. The molecular weight excluding hydrogens is 374 g/mol. The van der Waals surface area contributed by atoms with Crippen LogP contribution in [0.5, 0.6) is 0 Å². The van der Waals surface area contributed by atoms with Gasteiger partial charge in [-0.25, -0.2) is 18.4 Å². The van der Waals surface area contributed by atoms with Gasteiger partial charge >= 0.3 is 0 Å². The van der Waals surface area contributed by atoms with Gasteiger partial charge in [-0.2, -0.15) is 5.10 Å². The zero-order valence-corrected chi connectivity index (χ0v) is 14.8. The van der Waals surface area contributed by atoms with Crippen molar-refractivity contribution >= 4 is 22.5 Å². The summed E-state index contributed by atoms with van der Waals surface area (Å²) in [5, 5.41) is 16.9. The molecule has 2 aromatic heterocycles. The van der Waals surface area contributed by atoms with Crippen LogP contribution < -0.4 is 0 Å². The predicted octanol–water partition coefficient (Wildman–Crippen LogP) is 3.75. The first kappa shape index (κ1) is 17.6. The maximum absolute atomic E-state index is 14.5. The molecule has 0 amide bonds. The third-order valence-corrected chi connectivity index (χ3v) is 4.73. The zero-order chi connectivity index (χ0) is 19.0. The summed E-state index contributed by atoms with van der Waals surface area (Å²) < 4.78 is 31.1. The fraction of sp³-hybridized carbons (Fsp3) is 0.158. The molecule has 4 rings (SSSR count). The van der Waals surface area contributed by atoms with Crippen molar-refractivity contribution < 1.29 is 13.9 Å². The number of halogens is 3.